The van der Waals surface area contributed by atoms with Crippen LogP contribution in [0.3, 0.4) is 0 Å². The van der Waals surface area contributed by atoms with E-state index in [1.165, 1.54) is 6.26 Å². The topological polar surface area (TPSA) is 58.6 Å². The fourth-order valence-electron chi connectivity index (χ4n) is 2.92. The molecule has 2 aliphatic heterocycles. The second kappa shape index (κ2) is 4.38. The fourth-order valence-corrected chi connectivity index (χ4v) is 3.80. The van der Waals surface area contributed by atoms with Gasteiger partial charge in [0.15, 0.2) is 9.84 Å². The number of anilines is 2. The number of para-hydroxylation sites is 1. The highest BCUT2D eigenvalue weighted by molar-refractivity contribution is 7.90. The molecule has 104 valence electrons. The van der Waals surface area contributed by atoms with Crippen LogP contribution in [0.2, 0.25) is 0 Å². The van der Waals surface area contributed by atoms with Crippen molar-refractivity contribution in [2.24, 2.45) is 5.92 Å². The molecule has 3 rings (SSSR count). The first-order valence-electron chi connectivity index (χ1n) is 6.36. The lowest BCUT2D eigenvalue weighted by Gasteiger charge is -2.27. The molecular formula is C13H18N2O3S. The summed E-state index contributed by atoms with van der Waals surface area (Å²) >= 11 is 0. The molecule has 1 saturated heterocycles. The van der Waals surface area contributed by atoms with Crippen molar-refractivity contribution in [1.29, 1.82) is 0 Å². The van der Waals surface area contributed by atoms with Crippen LogP contribution in [0, 0.1) is 5.92 Å². The molecule has 0 bridgehead atoms. The first kappa shape index (κ1) is 12.7. The summed E-state index contributed by atoms with van der Waals surface area (Å²) in [7, 11) is -1.22. The Morgan fingerprint density at radius 1 is 1.37 bits per heavy atom. The molecule has 0 saturated carbocycles. The average Bonchev–Trinajstić information content (AvgIpc) is 2.77. The molecule has 19 heavy (non-hydrogen) atoms. The molecule has 6 heteroatoms. The SMILES string of the molecule is CN1c2cccc(S(C)(=O)=O)c2NCC2COCC21. The van der Waals surface area contributed by atoms with E-state index in [1.54, 1.807) is 12.1 Å². The molecule has 5 nitrogen and oxygen atoms in total. The molecule has 0 amide bonds. The normalized spacial score (nSPS) is 26.3. The molecule has 0 aromatic heterocycles. The minimum atomic E-state index is -3.23. The van der Waals surface area contributed by atoms with Crippen LogP contribution in [0.1, 0.15) is 0 Å². The molecule has 1 fully saturated rings. The number of likely N-dealkylation sites (N-methyl/N-ethyl adjacent to an activating group) is 1. The Morgan fingerprint density at radius 3 is 2.89 bits per heavy atom. The number of rotatable bonds is 1. The smallest absolute Gasteiger partial charge is 0.177 e. The number of hydrogen-bond donors (Lipinski definition) is 1. The quantitative estimate of drug-likeness (QED) is 0.831. The summed E-state index contributed by atoms with van der Waals surface area (Å²) in [6, 6.07) is 5.72. The van der Waals surface area contributed by atoms with Gasteiger partial charge in [-0.25, -0.2) is 8.42 Å². The summed E-state index contributed by atoms with van der Waals surface area (Å²) in [6.45, 7) is 2.17. The van der Waals surface area contributed by atoms with Crippen molar-refractivity contribution in [1.82, 2.24) is 0 Å². The van der Waals surface area contributed by atoms with Crippen molar-refractivity contribution >= 4 is 21.2 Å². The van der Waals surface area contributed by atoms with E-state index in [4.69, 9.17) is 4.74 Å². The van der Waals surface area contributed by atoms with E-state index in [-0.39, 0.29) is 0 Å². The Morgan fingerprint density at radius 2 is 2.16 bits per heavy atom. The van der Waals surface area contributed by atoms with E-state index in [2.05, 4.69) is 10.2 Å². The van der Waals surface area contributed by atoms with E-state index >= 15 is 0 Å². The molecule has 2 heterocycles. The largest absolute Gasteiger partial charge is 0.382 e. The lowest BCUT2D eigenvalue weighted by molar-refractivity contribution is 0.185. The van der Waals surface area contributed by atoms with Crippen molar-refractivity contribution in [3.05, 3.63) is 18.2 Å². The molecule has 0 radical (unpaired) electrons. The van der Waals surface area contributed by atoms with Crippen molar-refractivity contribution < 1.29 is 13.2 Å². The van der Waals surface area contributed by atoms with Gasteiger partial charge in [0.1, 0.15) is 0 Å². The van der Waals surface area contributed by atoms with Gasteiger partial charge in [-0.1, -0.05) is 6.07 Å². The maximum atomic E-state index is 11.9. The van der Waals surface area contributed by atoms with Crippen LogP contribution in [0.4, 0.5) is 11.4 Å². The maximum absolute atomic E-state index is 11.9. The van der Waals surface area contributed by atoms with Gasteiger partial charge in [0.05, 0.1) is 35.5 Å². The highest BCUT2D eigenvalue weighted by Gasteiger charge is 2.35. The lowest BCUT2D eigenvalue weighted by Crippen LogP contribution is -2.37. The Hall–Kier alpha value is -1.27. The molecule has 1 aromatic rings. The second-order valence-electron chi connectivity index (χ2n) is 5.28. The average molecular weight is 282 g/mol. The van der Waals surface area contributed by atoms with Crippen LogP contribution in [-0.2, 0) is 14.6 Å². The van der Waals surface area contributed by atoms with E-state index in [9.17, 15) is 8.42 Å². The van der Waals surface area contributed by atoms with Gasteiger partial charge in [0.2, 0.25) is 0 Å². The molecule has 0 aliphatic carbocycles. The van der Waals surface area contributed by atoms with Crippen molar-refractivity contribution in [3.8, 4) is 0 Å². The van der Waals surface area contributed by atoms with Crippen LogP contribution in [0.25, 0.3) is 0 Å². The first-order chi connectivity index (χ1) is 8.98. The van der Waals surface area contributed by atoms with E-state index in [0.717, 1.165) is 24.5 Å². The van der Waals surface area contributed by atoms with Gasteiger partial charge >= 0.3 is 0 Å². The molecule has 0 spiro atoms. The Labute approximate surface area is 113 Å². The second-order valence-corrected chi connectivity index (χ2v) is 7.26. The molecule has 1 aromatic carbocycles. The molecule has 1 N–H and O–H groups in total. The standard InChI is InChI=1S/C13H18N2O3S/c1-15-10-4-3-5-12(19(2,16)17)13(10)14-6-9-7-18-8-11(9)15/h3-5,9,11,14H,6-8H2,1-2H3. The van der Waals surface area contributed by atoms with Crippen molar-refractivity contribution in [2.45, 2.75) is 10.9 Å². The highest BCUT2D eigenvalue weighted by atomic mass is 32.2. The predicted octanol–water partition coefficient (Wildman–Crippen LogP) is 0.967. The molecule has 2 aliphatic rings. The summed E-state index contributed by atoms with van der Waals surface area (Å²) in [5.41, 5.74) is 1.66. The van der Waals surface area contributed by atoms with Gasteiger partial charge in [0, 0.05) is 25.8 Å². The van der Waals surface area contributed by atoms with E-state index in [1.807, 2.05) is 13.1 Å². The van der Waals surface area contributed by atoms with Crippen molar-refractivity contribution in [2.75, 3.05) is 43.3 Å². The van der Waals surface area contributed by atoms with E-state index < -0.39 is 9.84 Å². The third kappa shape index (κ3) is 2.08. The zero-order valence-electron chi connectivity index (χ0n) is 11.1. The zero-order chi connectivity index (χ0) is 13.6. The summed E-state index contributed by atoms with van der Waals surface area (Å²) in [5, 5.41) is 3.30. The van der Waals surface area contributed by atoms with Crippen molar-refractivity contribution in [3.63, 3.8) is 0 Å². The van der Waals surface area contributed by atoms with Gasteiger partial charge < -0.3 is 15.0 Å². The van der Waals surface area contributed by atoms with Gasteiger partial charge in [-0.2, -0.15) is 0 Å². The van der Waals surface area contributed by atoms with Gasteiger partial charge in [0.25, 0.3) is 0 Å². The fraction of sp³-hybridized carbons (Fsp3) is 0.538. The minimum absolute atomic E-state index is 0.309. The van der Waals surface area contributed by atoms with Gasteiger partial charge in [-0.15, -0.1) is 0 Å². The third-order valence-corrected chi connectivity index (χ3v) is 5.13. The monoisotopic (exact) mass is 282 g/mol. The first-order valence-corrected chi connectivity index (χ1v) is 8.25. The zero-order valence-corrected chi connectivity index (χ0v) is 11.9. The highest BCUT2D eigenvalue weighted by Crippen LogP contribution is 2.37. The van der Waals surface area contributed by atoms with Crippen LogP contribution in [0.5, 0.6) is 0 Å². The maximum Gasteiger partial charge on any atom is 0.177 e. The van der Waals surface area contributed by atoms with E-state index in [0.29, 0.717) is 23.5 Å². The Kier molecular flexibility index (Phi) is 2.94. The third-order valence-electron chi connectivity index (χ3n) is 3.99. The summed E-state index contributed by atoms with van der Waals surface area (Å²) in [6.07, 6.45) is 1.25. The van der Waals surface area contributed by atoms with Crippen LogP contribution in [0.15, 0.2) is 23.1 Å². The predicted molar refractivity (Wildman–Crippen MR) is 74.5 cm³/mol. The van der Waals surface area contributed by atoms with Crippen LogP contribution in [-0.4, -0.2) is 47.5 Å². The number of hydrogen-bond acceptors (Lipinski definition) is 5. The number of nitrogens with one attached hydrogen (secondary N) is 1. The Bertz CT molecular complexity index is 600. The lowest BCUT2D eigenvalue weighted by atomic mass is 10.0. The van der Waals surface area contributed by atoms with Gasteiger partial charge in [-0.3, -0.25) is 0 Å². The number of sulfone groups is 1. The summed E-state index contributed by atoms with van der Waals surface area (Å²) in [5.74, 6) is 0.393. The Balaban J connectivity index is 2.13. The summed E-state index contributed by atoms with van der Waals surface area (Å²) in [4.78, 5) is 2.51. The van der Waals surface area contributed by atoms with Crippen LogP contribution < -0.4 is 10.2 Å². The summed E-state index contributed by atoms with van der Waals surface area (Å²) < 4.78 is 29.3. The number of ether oxygens (including phenoxy) is 1. The molecule has 2 unspecified atom stereocenters. The number of nitrogens with zero attached hydrogens (tertiary/aromatic N) is 1. The number of benzene rings is 1. The van der Waals surface area contributed by atoms with Gasteiger partial charge in [-0.05, 0) is 12.1 Å². The number of fused-ring (bicyclic) bond motifs is 2. The minimum Gasteiger partial charge on any atom is -0.382 e. The van der Waals surface area contributed by atoms with Crippen LogP contribution >= 0.6 is 0 Å². The molecular weight excluding hydrogens is 264 g/mol. The molecule has 2 atom stereocenters.